The molecule has 0 saturated heterocycles. The van der Waals surface area contributed by atoms with Crippen LogP contribution < -0.4 is 4.74 Å². The summed E-state index contributed by atoms with van der Waals surface area (Å²) in [6.45, 7) is -0.443. The highest BCUT2D eigenvalue weighted by atomic mass is 35.5. The molecule has 0 fully saturated rings. The zero-order valence-electron chi connectivity index (χ0n) is 15.5. The van der Waals surface area contributed by atoms with Crippen molar-refractivity contribution in [1.29, 1.82) is 0 Å². The molecule has 0 aliphatic carbocycles. The van der Waals surface area contributed by atoms with Crippen molar-refractivity contribution in [2.24, 2.45) is 5.10 Å². The van der Waals surface area contributed by atoms with Crippen molar-refractivity contribution in [2.45, 2.75) is 12.5 Å². The molecule has 10 heteroatoms. The van der Waals surface area contributed by atoms with Crippen molar-refractivity contribution in [2.75, 3.05) is 6.61 Å². The van der Waals surface area contributed by atoms with E-state index in [4.69, 9.17) is 20.8 Å². The fraction of sp³-hybridized carbons (Fsp3) is 0.150. The lowest BCUT2D eigenvalue weighted by atomic mass is 10.0. The minimum atomic E-state index is -0.669. The van der Waals surface area contributed by atoms with Crippen LogP contribution in [0.15, 0.2) is 70.5 Å². The van der Waals surface area contributed by atoms with Crippen LogP contribution >= 0.6 is 11.6 Å². The van der Waals surface area contributed by atoms with Gasteiger partial charge >= 0.3 is 5.82 Å². The van der Waals surface area contributed by atoms with E-state index < -0.39 is 29.3 Å². The number of hydrogen-bond donors (Lipinski definition) is 0. The van der Waals surface area contributed by atoms with Crippen LogP contribution in [0.2, 0.25) is 5.02 Å². The van der Waals surface area contributed by atoms with Crippen molar-refractivity contribution >= 4 is 29.0 Å². The highest BCUT2D eigenvalue weighted by Crippen LogP contribution is 2.33. The molecular weight excluding hydrogens is 412 g/mol. The predicted octanol–water partition coefficient (Wildman–Crippen LogP) is 3.99. The first kappa shape index (κ1) is 19.6. The van der Waals surface area contributed by atoms with E-state index in [0.717, 1.165) is 5.56 Å². The van der Waals surface area contributed by atoms with Crippen molar-refractivity contribution < 1.29 is 18.9 Å². The number of carbonyl (C=O) groups excluding carboxylic acids is 1. The number of furan rings is 1. The minimum Gasteiger partial charge on any atom is -0.475 e. The van der Waals surface area contributed by atoms with E-state index in [1.165, 1.54) is 29.6 Å². The summed E-state index contributed by atoms with van der Waals surface area (Å²) < 4.78 is 10.9. The van der Waals surface area contributed by atoms with Gasteiger partial charge in [0.25, 0.3) is 5.91 Å². The zero-order valence-corrected chi connectivity index (χ0v) is 16.2. The second-order valence-corrected chi connectivity index (χ2v) is 6.83. The number of hydrazone groups is 1. The van der Waals surface area contributed by atoms with Crippen molar-refractivity contribution in [3.63, 3.8) is 0 Å². The lowest BCUT2D eigenvalue weighted by molar-refractivity contribution is -0.390. The highest BCUT2D eigenvalue weighted by molar-refractivity contribution is 6.30. The summed E-state index contributed by atoms with van der Waals surface area (Å²) in [6.07, 6.45) is 3.24. The molecule has 1 aliphatic rings. The second-order valence-electron chi connectivity index (χ2n) is 6.40. The Balaban J connectivity index is 1.56. The fourth-order valence-corrected chi connectivity index (χ4v) is 3.22. The summed E-state index contributed by atoms with van der Waals surface area (Å²) in [4.78, 5) is 27.0. The SMILES string of the molecule is O=C(COc1cccnc1[N+](=O)[O-])N1N=C(c2ccc(Cl)cc2)C[C@@H]1c1ccco1. The number of amides is 1. The maximum atomic E-state index is 12.9. The average molecular weight is 427 g/mol. The maximum Gasteiger partial charge on any atom is 0.406 e. The van der Waals surface area contributed by atoms with Crippen molar-refractivity contribution in [1.82, 2.24) is 9.99 Å². The van der Waals surface area contributed by atoms with Crippen LogP contribution in [0.5, 0.6) is 5.75 Å². The van der Waals surface area contributed by atoms with Crippen LogP contribution in [0.4, 0.5) is 5.82 Å². The van der Waals surface area contributed by atoms with Gasteiger partial charge in [-0.1, -0.05) is 23.7 Å². The Morgan fingerprint density at radius 2 is 2.07 bits per heavy atom. The summed E-state index contributed by atoms with van der Waals surface area (Å²) in [7, 11) is 0. The summed E-state index contributed by atoms with van der Waals surface area (Å²) >= 11 is 5.95. The van der Waals surface area contributed by atoms with Crippen LogP contribution in [0.1, 0.15) is 23.8 Å². The number of nitro groups is 1. The van der Waals surface area contributed by atoms with Crippen molar-refractivity contribution in [3.05, 3.63) is 87.5 Å². The van der Waals surface area contributed by atoms with Gasteiger partial charge in [-0.25, -0.2) is 5.01 Å². The smallest absolute Gasteiger partial charge is 0.406 e. The van der Waals surface area contributed by atoms with Gasteiger partial charge in [0.05, 0.1) is 12.0 Å². The first-order chi connectivity index (χ1) is 14.5. The number of pyridine rings is 1. The van der Waals surface area contributed by atoms with Gasteiger partial charge in [-0.2, -0.15) is 5.10 Å². The quantitative estimate of drug-likeness (QED) is 0.435. The lowest BCUT2D eigenvalue weighted by Crippen LogP contribution is -2.31. The van der Waals surface area contributed by atoms with Gasteiger partial charge in [-0.15, -0.1) is 0 Å². The van der Waals surface area contributed by atoms with Gasteiger partial charge in [-0.3, -0.25) is 4.79 Å². The van der Waals surface area contributed by atoms with E-state index in [2.05, 4.69) is 10.1 Å². The molecule has 3 heterocycles. The normalized spacial score (nSPS) is 15.7. The molecule has 1 atom stereocenters. The van der Waals surface area contributed by atoms with Gasteiger partial charge in [0.2, 0.25) is 5.75 Å². The van der Waals surface area contributed by atoms with Gasteiger partial charge < -0.3 is 19.3 Å². The number of aromatic nitrogens is 1. The van der Waals surface area contributed by atoms with E-state index in [9.17, 15) is 14.9 Å². The Hall–Kier alpha value is -3.72. The molecule has 0 radical (unpaired) electrons. The number of rotatable bonds is 6. The van der Waals surface area contributed by atoms with E-state index >= 15 is 0 Å². The third-order valence-corrected chi connectivity index (χ3v) is 4.74. The molecule has 4 rings (SSSR count). The molecule has 3 aromatic rings. The predicted molar refractivity (Wildman–Crippen MR) is 107 cm³/mol. The standard InChI is InChI=1S/C20H15ClN4O5/c21-14-7-5-13(6-8-14)15-11-16(17-4-2-10-29-17)24(23-15)19(26)12-30-18-3-1-9-22-20(18)25(27)28/h1-10,16H,11-12H2/t16-/m1/s1. The Bertz CT molecular complexity index is 1100. The van der Waals surface area contributed by atoms with Crippen LogP contribution in [0.25, 0.3) is 0 Å². The molecule has 30 heavy (non-hydrogen) atoms. The average Bonchev–Trinajstić information content (AvgIpc) is 3.42. The summed E-state index contributed by atoms with van der Waals surface area (Å²) in [5.74, 6) is -0.451. The molecule has 2 aromatic heterocycles. The summed E-state index contributed by atoms with van der Waals surface area (Å²) in [6, 6.07) is 13.1. The Kier molecular flexibility index (Phi) is 5.44. The Morgan fingerprint density at radius 1 is 1.27 bits per heavy atom. The fourth-order valence-electron chi connectivity index (χ4n) is 3.10. The Morgan fingerprint density at radius 3 is 2.77 bits per heavy atom. The molecule has 1 aromatic carbocycles. The number of nitrogens with zero attached hydrogens (tertiary/aromatic N) is 4. The summed E-state index contributed by atoms with van der Waals surface area (Å²) in [5, 5.41) is 17.4. The molecule has 0 unspecified atom stereocenters. The van der Waals surface area contributed by atoms with Crippen molar-refractivity contribution in [3.8, 4) is 5.75 Å². The maximum absolute atomic E-state index is 12.9. The number of ether oxygens (including phenoxy) is 1. The highest BCUT2D eigenvalue weighted by Gasteiger charge is 2.35. The summed E-state index contributed by atoms with van der Waals surface area (Å²) in [5.41, 5.74) is 1.52. The molecule has 0 N–H and O–H groups in total. The third kappa shape index (κ3) is 4.01. The topological polar surface area (TPSA) is 111 Å². The molecule has 0 bridgehead atoms. The van der Waals surface area contributed by atoms with Gasteiger partial charge in [0, 0.05) is 11.4 Å². The van der Waals surface area contributed by atoms with Crippen LogP contribution in [-0.4, -0.2) is 33.1 Å². The lowest BCUT2D eigenvalue weighted by Gasteiger charge is -2.19. The number of benzene rings is 1. The molecular formula is C20H15ClN4O5. The minimum absolute atomic E-state index is 0.0912. The van der Waals surface area contributed by atoms with Crippen LogP contribution in [0, 0.1) is 10.1 Å². The first-order valence-electron chi connectivity index (χ1n) is 8.94. The zero-order chi connectivity index (χ0) is 21.1. The Labute approximate surface area is 175 Å². The molecule has 1 amide bonds. The van der Waals surface area contributed by atoms with E-state index in [0.29, 0.717) is 22.9 Å². The molecule has 9 nitrogen and oxygen atoms in total. The van der Waals surface area contributed by atoms with Crippen LogP contribution in [0.3, 0.4) is 0 Å². The molecule has 1 aliphatic heterocycles. The number of carbonyl (C=O) groups is 1. The van der Waals surface area contributed by atoms with Gasteiger partial charge in [0.1, 0.15) is 18.0 Å². The van der Waals surface area contributed by atoms with Gasteiger partial charge in [-0.05, 0) is 51.9 Å². The van der Waals surface area contributed by atoms with E-state index in [1.54, 1.807) is 24.3 Å². The third-order valence-electron chi connectivity index (χ3n) is 4.49. The number of hydrogen-bond acceptors (Lipinski definition) is 7. The van der Waals surface area contributed by atoms with Crippen LogP contribution in [-0.2, 0) is 4.79 Å². The van der Waals surface area contributed by atoms with Gasteiger partial charge in [0.15, 0.2) is 6.61 Å². The molecule has 0 spiro atoms. The molecule has 0 saturated carbocycles. The van der Waals surface area contributed by atoms with E-state index in [1.807, 2.05) is 12.1 Å². The number of halogens is 1. The monoisotopic (exact) mass is 426 g/mol. The van der Waals surface area contributed by atoms with E-state index in [-0.39, 0.29) is 5.75 Å². The first-order valence-corrected chi connectivity index (χ1v) is 9.32. The largest absolute Gasteiger partial charge is 0.475 e. The molecule has 152 valence electrons. The second kappa shape index (κ2) is 8.34.